The molecule has 3 heterocycles. The summed E-state index contributed by atoms with van der Waals surface area (Å²) in [5, 5.41) is 7.82. The molecule has 0 aliphatic carbocycles. The van der Waals surface area contributed by atoms with Crippen molar-refractivity contribution in [3.05, 3.63) is 206 Å². The zero-order valence-corrected chi connectivity index (χ0v) is 30.9. The average molecular weight is 727 g/mol. The van der Waals surface area contributed by atoms with Gasteiger partial charge < -0.3 is 4.90 Å². The van der Waals surface area contributed by atoms with E-state index in [0.29, 0.717) is 0 Å². The highest BCUT2D eigenvalue weighted by Gasteiger charge is 2.20. The van der Waals surface area contributed by atoms with Gasteiger partial charge in [-0.1, -0.05) is 146 Å². The fourth-order valence-electron chi connectivity index (χ4n) is 8.30. The highest BCUT2D eigenvalue weighted by molar-refractivity contribution is 6.26. The van der Waals surface area contributed by atoms with E-state index in [1.165, 1.54) is 10.8 Å². The van der Waals surface area contributed by atoms with Gasteiger partial charge in [-0.25, -0.2) is 15.0 Å². The third-order valence-corrected chi connectivity index (χ3v) is 11.0. The summed E-state index contributed by atoms with van der Waals surface area (Å²) in [6, 6.07) is 72.5. The number of anilines is 3. The summed E-state index contributed by atoms with van der Waals surface area (Å²) in [6.45, 7) is 0. The molecule has 0 atom stereocenters. The molecule has 0 spiro atoms. The second-order valence-corrected chi connectivity index (χ2v) is 14.4. The Morgan fingerprint density at radius 2 is 0.860 bits per heavy atom. The molecule has 3 aromatic heterocycles. The summed E-state index contributed by atoms with van der Waals surface area (Å²) >= 11 is 0. The summed E-state index contributed by atoms with van der Waals surface area (Å²) < 4.78 is 0. The first kappa shape index (κ1) is 32.7. The predicted molar refractivity (Wildman–Crippen MR) is 238 cm³/mol. The van der Waals surface area contributed by atoms with Crippen LogP contribution in [-0.2, 0) is 0 Å². The standard InChI is InChI=1S/C53H34N4/c1-4-14-35(15-5-1)46-32-28-37-24-25-38-29-33-48(56-53(38)52(37)54-46)45-34-39-16-10-11-21-43(39)49-44-22-12-13-23-47(44)55-51(50(45)49)36-26-30-42(31-27-36)57(40-17-6-2-7-18-40)41-19-8-3-9-20-41/h1-34H. The number of rotatable bonds is 6. The first-order valence-electron chi connectivity index (χ1n) is 19.3. The first-order chi connectivity index (χ1) is 28.3. The van der Waals surface area contributed by atoms with Crippen molar-refractivity contribution >= 4 is 71.3 Å². The van der Waals surface area contributed by atoms with Crippen LogP contribution in [0.25, 0.3) is 88.0 Å². The van der Waals surface area contributed by atoms with Gasteiger partial charge in [0, 0.05) is 60.7 Å². The molecular formula is C53H34N4. The minimum absolute atomic E-state index is 0.880. The number of hydrogen-bond acceptors (Lipinski definition) is 4. The third kappa shape index (κ3) is 5.66. The smallest absolute Gasteiger partial charge is 0.0972 e. The molecular weight excluding hydrogens is 693 g/mol. The van der Waals surface area contributed by atoms with Gasteiger partial charge in [-0.05, 0) is 71.4 Å². The first-order valence-corrected chi connectivity index (χ1v) is 19.3. The van der Waals surface area contributed by atoms with Crippen LogP contribution >= 0.6 is 0 Å². The highest BCUT2D eigenvalue weighted by atomic mass is 15.1. The van der Waals surface area contributed by atoms with Crippen molar-refractivity contribution in [2.75, 3.05) is 4.90 Å². The highest BCUT2D eigenvalue weighted by Crippen LogP contribution is 2.44. The SMILES string of the molecule is c1ccc(-c2ccc3ccc4ccc(-c5cc6ccccc6c6c5c(-c5ccc(N(c7ccccc7)c7ccccc7)cc5)nc5ccccc56)nc4c3n2)cc1. The molecule has 0 radical (unpaired) electrons. The van der Waals surface area contributed by atoms with Gasteiger partial charge >= 0.3 is 0 Å². The number of fused-ring (bicyclic) bond motifs is 8. The zero-order valence-electron chi connectivity index (χ0n) is 30.9. The van der Waals surface area contributed by atoms with E-state index in [1.807, 2.05) is 6.07 Å². The van der Waals surface area contributed by atoms with E-state index >= 15 is 0 Å². The van der Waals surface area contributed by atoms with Crippen molar-refractivity contribution in [1.29, 1.82) is 0 Å². The van der Waals surface area contributed by atoms with Crippen LogP contribution in [-0.4, -0.2) is 15.0 Å². The number of pyridine rings is 3. The summed E-state index contributed by atoms with van der Waals surface area (Å²) in [4.78, 5) is 18.4. The van der Waals surface area contributed by atoms with E-state index in [-0.39, 0.29) is 0 Å². The van der Waals surface area contributed by atoms with Crippen LogP contribution in [0, 0.1) is 0 Å². The van der Waals surface area contributed by atoms with Crippen LogP contribution in [0.4, 0.5) is 17.1 Å². The van der Waals surface area contributed by atoms with Gasteiger partial charge in [-0.15, -0.1) is 0 Å². The molecule has 11 aromatic rings. The molecule has 0 unspecified atom stereocenters. The van der Waals surface area contributed by atoms with E-state index in [0.717, 1.165) is 94.3 Å². The molecule has 57 heavy (non-hydrogen) atoms. The lowest BCUT2D eigenvalue weighted by Crippen LogP contribution is -2.09. The number of hydrogen-bond donors (Lipinski definition) is 0. The van der Waals surface area contributed by atoms with E-state index < -0.39 is 0 Å². The molecule has 4 nitrogen and oxygen atoms in total. The van der Waals surface area contributed by atoms with Crippen molar-refractivity contribution in [2.24, 2.45) is 0 Å². The Morgan fingerprint density at radius 1 is 0.333 bits per heavy atom. The van der Waals surface area contributed by atoms with Crippen LogP contribution in [0.2, 0.25) is 0 Å². The summed E-state index contributed by atoms with van der Waals surface area (Å²) in [6.07, 6.45) is 0. The second kappa shape index (κ2) is 13.6. The predicted octanol–water partition coefficient (Wildman–Crippen LogP) is 14.1. The minimum Gasteiger partial charge on any atom is -0.311 e. The summed E-state index contributed by atoms with van der Waals surface area (Å²) in [5.41, 5.74) is 11.9. The monoisotopic (exact) mass is 726 g/mol. The van der Waals surface area contributed by atoms with Crippen molar-refractivity contribution < 1.29 is 0 Å². The van der Waals surface area contributed by atoms with Crippen LogP contribution in [0.15, 0.2) is 206 Å². The Bertz CT molecular complexity index is 3220. The molecule has 0 N–H and O–H groups in total. The summed E-state index contributed by atoms with van der Waals surface area (Å²) in [5.74, 6) is 0. The van der Waals surface area contributed by atoms with Gasteiger partial charge in [-0.3, -0.25) is 0 Å². The molecule has 4 heteroatoms. The molecule has 0 saturated carbocycles. The lowest BCUT2D eigenvalue weighted by atomic mass is 9.90. The van der Waals surface area contributed by atoms with Gasteiger partial charge in [-0.2, -0.15) is 0 Å². The van der Waals surface area contributed by atoms with Crippen LogP contribution in [0.5, 0.6) is 0 Å². The second-order valence-electron chi connectivity index (χ2n) is 14.4. The average Bonchev–Trinajstić information content (AvgIpc) is 3.29. The fraction of sp³-hybridized carbons (Fsp3) is 0. The maximum absolute atomic E-state index is 5.49. The lowest BCUT2D eigenvalue weighted by Gasteiger charge is -2.25. The Balaban J connectivity index is 1.16. The van der Waals surface area contributed by atoms with Crippen LogP contribution < -0.4 is 4.90 Å². The number of aromatic nitrogens is 3. The van der Waals surface area contributed by atoms with Crippen molar-refractivity contribution in [1.82, 2.24) is 15.0 Å². The van der Waals surface area contributed by atoms with Gasteiger partial charge in [0.2, 0.25) is 0 Å². The number of para-hydroxylation sites is 3. The molecule has 11 rings (SSSR count). The summed E-state index contributed by atoms with van der Waals surface area (Å²) in [7, 11) is 0. The van der Waals surface area contributed by atoms with Gasteiger partial charge in [0.25, 0.3) is 0 Å². The van der Waals surface area contributed by atoms with Crippen LogP contribution in [0.1, 0.15) is 0 Å². The van der Waals surface area contributed by atoms with Gasteiger partial charge in [0.05, 0.1) is 33.6 Å². The van der Waals surface area contributed by atoms with Crippen molar-refractivity contribution in [3.63, 3.8) is 0 Å². The molecule has 0 fully saturated rings. The minimum atomic E-state index is 0.880. The van der Waals surface area contributed by atoms with E-state index in [1.54, 1.807) is 0 Å². The Morgan fingerprint density at radius 3 is 1.54 bits per heavy atom. The van der Waals surface area contributed by atoms with Crippen LogP contribution in [0.3, 0.4) is 0 Å². The van der Waals surface area contributed by atoms with Crippen molar-refractivity contribution in [2.45, 2.75) is 0 Å². The molecule has 0 saturated heterocycles. The molecule has 0 aliphatic heterocycles. The topological polar surface area (TPSA) is 41.9 Å². The van der Waals surface area contributed by atoms with Gasteiger partial charge in [0.15, 0.2) is 0 Å². The maximum Gasteiger partial charge on any atom is 0.0972 e. The molecule has 0 aliphatic rings. The normalized spacial score (nSPS) is 11.5. The Hall–Kier alpha value is -7.69. The molecule has 8 aromatic carbocycles. The zero-order chi connectivity index (χ0) is 37.7. The van der Waals surface area contributed by atoms with E-state index in [4.69, 9.17) is 15.0 Å². The van der Waals surface area contributed by atoms with Crippen molar-refractivity contribution in [3.8, 4) is 33.8 Å². The number of nitrogens with zero attached hydrogens (tertiary/aromatic N) is 4. The quantitative estimate of drug-likeness (QED) is 0.160. The Labute approximate surface area is 330 Å². The van der Waals surface area contributed by atoms with E-state index in [9.17, 15) is 0 Å². The Kier molecular flexibility index (Phi) is 7.78. The molecule has 0 amide bonds. The van der Waals surface area contributed by atoms with Gasteiger partial charge in [0.1, 0.15) is 0 Å². The molecule has 266 valence electrons. The lowest BCUT2D eigenvalue weighted by molar-refractivity contribution is 1.28. The molecule has 0 bridgehead atoms. The number of benzene rings is 8. The van der Waals surface area contributed by atoms with E-state index in [2.05, 4.69) is 205 Å². The third-order valence-electron chi connectivity index (χ3n) is 11.0. The maximum atomic E-state index is 5.49. The fourth-order valence-corrected chi connectivity index (χ4v) is 8.30. The largest absolute Gasteiger partial charge is 0.311 e.